The molecule has 3 N–H and O–H groups in total. The minimum Gasteiger partial charge on any atom is -0.377 e. The van der Waals surface area contributed by atoms with E-state index < -0.39 is 0 Å². The topological polar surface area (TPSA) is 114 Å². The third-order valence-electron chi connectivity index (χ3n) is 4.90. The maximum Gasteiger partial charge on any atom is 0.251 e. The van der Waals surface area contributed by atoms with E-state index >= 15 is 0 Å². The molecular formula is C23H35N7O3. The summed E-state index contributed by atoms with van der Waals surface area (Å²) in [6.45, 7) is 8.99. The molecule has 10 heteroatoms. The van der Waals surface area contributed by atoms with Crippen LogP contribution in [0.3, 0.4) is 0 Å². The van der Waals surface area contributed by atoms with Gasteiger partial charge in [-0.15, -0.1) is 0 Å². The van der Waals surface area contributed by atoms with Crippen LogP contribution in [0.2, 0.25) is 0 Å². The van der Waals surface area contributed by atoms with Crippen LogP contribution >= 0.6 is 0 Å². The van der Waals surface area contributed by atoms with Crippen molar-refractivity contribution in [2.75, 3.05) is 68.1 Å². The van der Waals surface area contributed by atoms with Gasteiger partial charge in [-0.1, -0.05) is 18.2 Å². The average Bonchev–Trinajstić information content (AvgIpc) is 3.35. The zero-order valence-electron chi connectivity index (χ0n) is 19.5. The third-order valence-corrected chi connectivity index (χ3v) is 4.90. The first-order valence-corrected chi connectivity index (χ1v) is 11.6. The molecule has 1 amide bonds. The van der Waals surface area contributed by atoms with Crippen molar-refractivity contribution in [2.24, 2.45) is 0 Å². The van der Waals surface area contributed by atoms with Gasteiger partial charge in [0.05, 0.1) is 26.4 Å². The molecule has 1 aromatic carbocycles. The molecule has 0 radical (unpaired) electrons. The highest BCUT2D eigenvalue weighted by Crippen LogP contribution is 2.18. The number of carbonyl (C=O) groups excluding carboxylic acids is 1. The molecule has 2 heterocycles. The standard InChI is InChI=1S/C23H35N7O3/c1-18(2)26-22-27-21(28-23(29-22)30-12-6-7-13-30)25-11-15-33-17-16-32-14-10-24-20(31)19-8-4-3-5-9-19/h3-5,8-9,18H,6-7,10-17H2,1-2H3,(H,24,31)(H2,25,26,27,28,29). The van der Waals surface area contributed by atoms with Gasteiger partial charge in [0, 0.05) is 37.8 Å². The largest absolute Gasteiger partial charge is 0.377 e. The molecule has 3 rings (SSSR count). The first-order valence-electron chi connectivity index (χ1n) is 11.6. The zero-order valence-corrected chi connectivity index (χ0v) is 19.5. The molecule has 1 fully saturated rings. The first-order chi connectivity index (χ1) is 16.1. The fraction of sp³-hybridized carbons (Fsp3) is 0.565. The van der Waals surface area contributed by atoms with E-state index in [1.165, 1.54) is 0 Å². The number of amides is 1. The predicted molar refractivity (Wildman–Crippen MR) is 129 cm³/mol. The number of anilines is 3. The highest BCUT2D eigenvalue weighted by atomic mass is 16.5. The van der Waals surface area contributed by atoms with Crippen LogP contribution < -0.4 is 20.9 Å². The summed E-state index contributed by atoms with van der Waals surface area (Å²) in [6, 6.07) is 9.36. The molecular weight excluding hydrogens is 422 g/mol. The maximum atomic E-state index is 11.9. The lowest BCUT2D eigenvalue weighted by Crippen LogP contribution is -2.27. The van der Waals surface area contributed by atoms with Crippen molar-refractivity contribution in [3.05, 3.63) is 35.9 Å². The van der Waals surface area contributed by atoms with Gasteiger partial charge in [0.1, 0.15) is 0 Å². The van der Waals surface area contributed by atoms with Crippen molar-refractivity contribution >= 4 is 23.8 Å². The number of carbonyl (C=O) groups is 1. The molecule has 1 aliphatic rings. The summed E-state index contributed by atoms with van der Waals surface area (Å²) in [5, 5.41) is 9.30. The minimum atomic E-state index is -0.0977. The number of nitrogens with one attached hydrogen (secondary N) is 3. The van der Waals surface area contributed by atoms with Crippen molar-refractivity contribution < 1.29 is 14.3 Å². The lowest BCUT2D eigenvalue weighted by molar-refractivity contribution is 0.0519. The van der Waals surface area contributed by atoms with Gasteiger partial charge in [-0.2, -0.15) is 15.0 Å². The SMILES string of the molecule is CC(C)Nc1nc(NCCOCCOCCNC(=O)c2ccccc2)nc(N2CCCC2)n1. The van der Waals surface area contributed by atoms with E-state index in [1.807, 2.05) is 18.2 Å². The van der Waals surface area contributed by atoms with E-state index in [-0.39, 0.29) is 11.9 Å². The van der Waals surface area contributed by atoms with Gasteiger partial charge in [0.25, 0.3) is 5.91 Å². The van der Waals surface area contributed by atoms with Gasteiger partial charge >= 0.3 is 0 Å². The summed E-state index contributed by atoms with van der Waals surface area (Å²) in [4.78, 5) is 27.7. The highest BCUT2D eigenvalue weighted by Gasteiger charge is 2.17. The average molecular weight is 458 g/mol. The normalized spacial score (nSPS) is 13.4. The van der Waals surface area contributed by atoms with Gasteiger partial charge in [0.2, 0.25) is 17.8 Å². The molecule has 1 saturated heterocycles. The Morgan fingerprint density at radius 1 is 0.939 bits per heavy atom. The minimum absolute atomic E-state index is 0.0977. The number of aromatic nitrogens is 3. The Bertz CT molecular complexity index is 845. The van der Waals surface area contributed by atoms with Gasteiger partial charge in [-0.3, -0.25) is 4.79 Å². The summed E-state index contributed by atoms with van der Waals surface area (Å²) in [5.74, 6) is 1.74. The number of rotatable bonds is 14. The zero-order chi connectivity index (χ0) is 23.3. The molecule has 2 aromatic rings. The molecule has 33 heavy (non-hydrogen) atoms. The van der Waals surface area contributed by atoms with E-state index in [9.17, 15) is 4.79 Å². The number of benzene rings is 1. The number of nitrogens with zero attached hydrogens (tertiary/aromatic N) is 4. The van der Waals surface area contributed by atoms with Crippen LogP contribution in [0.15, 0.2) is 30.3 Å². The van der Waals surface area contributed by atoms with Gasteiger partial charge in [-0.25, -0.2) is 0 Å². The summed E-state index contributed by atoms with van der Waals surface area (Å²) >= 11 is 0. The monoisotopic (exact) mass is 457 g/mol. The molecule has 0 atom stereocenters. The lowest BCUT2D eigenvalue weighted by atomic mass is 10.2. The molecule has 0 spiro atoms. The maximum absolute atomic E-state index is 11.9. The Balaban J connectivity index is 1.28. The van der Waals surface area contributed by atoms with Crippen molar-refractivity contribution in [1.29, 1.82) is 0 Å². The smallest absolute Gasteiger partial charge is 0.251 e. The van der Waals surface area contributed by atoms with Crippen LogP contribution in [0.5, 0.6) is 0 Å². The van der Waals surface area contributed by atoms with Crippen LogP contribution in [0, 0.1) is 0 Å². The van der Waals surface area contributed by atoms with Gasteiger partial charge < -0.3 is 30.3 Å². The van der Waals surface area contributed by atoms with E-state index in [2.05, 4.69) is 49.6 Å². The highest BCUT2D eigenvalue weighted by molar-refractivity contribution is 5.94. The van der Waals surface area contributed by atoms with Crippen molar-refractivity contribution in [1.82, 2.24) is 20.3 Å². The predicted octanol–water partition coefficient (Wildman–Crippen LogP) is 2.17. The molecule has 0 bridgehead atoms. The van der Waals surface area contributed by atoms with Crippen LogP contribution in [0.1, 0.15) is 37.0 Å². The van der Waals surface area contributed by atoms with E-state index in [4.69, 9.17) is 9.47 Å². The van der Waals surface area contributed by atoms with Crippen LogP contribution in [0.4, 0.5) is 17.8 Å². The number of ether oxygens (including phenoxy) is 2. The Kier molecular flexibility index (Phi) is 10.1. The number of hydrogen-bond acceptors (Lipinski definition) is 9. The fourth-order valence-corrected chi connectivity index (χ4v) is 3.31. The van der Waals surface area contributed by atoms with E-state index in [0.717, 1.165) is 25.9 Å². The molecule has 1 aromatic heterocycles. The summed E-state index contributed by atoms with van der Waals surface area (Å²) < 4.78 is 11.1. The van der Waals surface area contributed by atoms with Crippen molar-refractivity contribution in [3.63, 3.8) is 0 Å². The Hall–Kier alpha value is -2.98. The van der Waals surface area contributed by atoms with Crippen molar-refractivity contribution in [2.45, 2.75) is 32.7 Å². The number of hydrogen-bond donors (Lipinski definition) is 3. The third kappa shape index (κ3) is 8.82. The Labute approximate surface area is 195 Å². The van der Waals surface area contributed by atoms with Crippen LogP contribution in [-0.4, -0.2) is 79.5 Å². The van der Waals surface area contributed by atoms with Gasteiger partial charge in [-0.05, 0) is 38.8 Å². The second kappa shape index (κ2) is 13.5. The van der Waals surface area contributed by atoms with Gasteiger partial charge in [0.15, 0.2) is 0 Å². The molecule has 180 valence electrons. The first kappa shape index (κ1) is 24.7. The lowest BCUT2D eigenvalue weighted by Gasteiger charge is -2.18. The van der Waals surface area contributed by atoms with Crippen LogP contribution in [-0.2, 0) is 9.47 Å². The van der Waals surface area contributed by atoms with Crippen molar-refractivity contribution in [3.8, 4) is 0 Å². The summed E-state index contributed by atoms with van der Waals surface area (Å²) in [7, 11) is 0. The Morgan fingerprint density at radius 2 is 1.61 bits per heavy atom. The molecule has 0 saturated carbocycles. The molecule has 0 unspecified atom stereocenters. The molecule has 1 aliphatic heterocycles. The molecule has 0 aliphatic carbocycles. The molecule has 10 nitrogen and oxygen atoms in total. The quantitative estimate of drug-likeness (QED) is 0.367. The summed E-state index contributed by atoms with van der Waals surface area (Å²) in [5.41, 5.74) is 0.645. The fourth-order valence-electron chi connectivity index (χ4n) is 3.31. The van der Waals surface area contributed by atoms with E-state index in [1.54, 1.807) is 12.1 Å². The van der Waals surface area contributed by atoms with Crippen LogP contribution in [0.25, 0.3) is 0 Å². The summed E-state index contributed by atoms with van der Waals surface area (Å²) in [6.07, 6.45) is 2.33. The second-order valence-electron chi connectivity index (χ2n) is 8.05. The Morgan fingerprint density at radius 3 is 2.30 bits per heavy atom. The second-order valence-corrected chi connectivity index (χ2v) is 8.05. The van der Waals surface area contributed by atoms with E-state index in [0.29, 0.717) is 62.9 Å².